The number of hydrogen-bond acceptors (Lipinski definition) is 4. The van der Waals surface area contributed by atoms with Crippen molar-refractivity contribution in [1.29, 1.82) is 0 Å². The fourth-order valence-electron chi connectivity index (χ4n) is 3.34. The maximum atomic E-state index is 12.8. The van der Waals surface area contributed by atoms with Crippen molar-refractivity contribution >= 4 is 34.2 Å². The predicted octanol–water partition coefficient (Wildman–Crippen LogP) is 3.31. The molecule has 6 nitrogen and oxygen atoms in total. The fraction of sp³-hybridized carbons (Fsp3) is 0.143. The third-order valence-corrected chi connectivity index (χ3v) is 4.69. The molecule has 1 aromatic heterocycles. The fourth-order valence-corrected chi connectivity index (χ4v) is 3.34. The van der Waals surface area contributed by atoms with Crippen molar-refractivity contribution in [2.75, 3.05) is 4.90 Å². The second-order valence-electron chi connectivity index (χ2n) is 6.43. The Balaban J connectivity index is 1.84. The van der Waals surface area contributed by atoms with Crippen LogP contribution in [0.15, 0.2) is 53.5 Å². The maximum absolute atomic E-state index is 12.8. The maximum Gasteiger partial charge on any atom is 0.266 e. The molecule has 0 spiro atoms. The quantitative estimate of drug-likeness (QED) is 0.571. The van der Waals surface area contributed by atoms with Crippen LogP contribution in [0.3, 0.4) is 0 Å². The lowest BCUT2D eigenvalue weighted by Crippen LogP contribution is -2.29. The molecule has 134 valence electrons. The highest BCUT2D eigenvalue weighted by Crippen LogP contribution is 2.29. The van der Waals surface area contributed by atoms with E-state index in [1.54, 1.807) is 36.4 Å². The second kappa shape index (κ2) is 6.32. The Hall–Kier alpha value is -3.54. The molecule has 6 heteroatoms. The van der Waals surface area contributed by atoms with Gasteiger partial charge in [0.05, 0.1) is 22.4 Å². The number of amides is 2. The zero-order valence-electron chi connectivity index (χ0n) is 14.6. The van der Waals surface area contributed by atoms with Crippen LogP contribution in [-0.4, -0.2) is 22.6 Å². The number of aromatic nitrogens is 1. The molecule has 0 fully saturated rings. The summed E-state index contributed by atoms with van der Waals surface area (Å²) in [4.78, 5) is 54.2. The third kappa shape index (κ3) is 2.57. The van der Waals surface area contributed by atoms with E-state index in [9.17, 15) is 19.2 Å². The number of nitrogens with one attached hydrogen (secondary N) is 1. The van der Waals surface area contributed by atoms with E-state index in [2.05, 4.69) is 4.98 Å². The number of H-pyrrole nitrogens is 1. The summed E-state index contributed by atoms with van der Waals surface area (Å²) in [6.07, 6.45) is 2.35. The average Bonchev–Trinajstić information content (AvgIpc) is 2.93. The minimum Gasteiger partial charge on any atom is -0.360 e. The number of benzene rings is 2. The van der Waals surface area contributed by atoms with Crippen molar-refractivity contribution in [2.24, 2.45) is 0 Å². The lowest BCUT2D eigenvalue weighted by molar-refractivity contribution is 0.0924. The van der Waals surface area contributed by atoms with E-state index in [-0.39, 0.29) is 23.2 Å². The average molecular weight is 360 g/mol. The van der Waals surface area contributed by atoms with Gasteiger partial charge in [-0.15, -0.1) is 0 Å². The van der Waals surface area contributed by atoms with E-state index < -0.39 is 17.2 Å². The van der Waals surface area contributed by atoms with Crippen LogP contribution in [0, 0.1) is 0 Å². The van der Waals surface area contributed by atoms with Gasteiger partial charge < -0.3 is 4.98 Å². The van der Waals surface area contributed by atoms with Crippen molar-refractivity contribution in [3.63, 3.8) is 0 Å². The highest BCUT2D eigenvalue weighted by molar-refractivity contribution is 6.34. The van der Waals surface area contributed by atoms with Gasteiger partial charge in [-0.05, 0) is 36.8 Å². The third-order valence-electron chi connectivity index (χ3n) is 4.69. The van der Waals surface area contributed by atoms with Crippen molar-refractivity contribution in [3.05, 3.63) is 75.6 Å². The van der Waals surface area contributed by atoms with Crippen LogP contribution >= 0.6 is 0 Å². The molecule has 2 amide bonds. The number of anilines is 1. The van der Waals surface area contributed by atoms with Gasteiger partial charge in [-0.3, -0.25) is 19.2 Å². The molecule has 2 aromatic carbocycles. The van der Waals surface area contributed by atoms with Gasteiger partial charge in [0.2, 0.25) is 0 Å². The molecule has 0 aliphatic carbocycles. The monoisotopic (exact) mass is 360 g/mol. The smallest absolute Gasteiger partial charge is 0.266 e. The molecule has 1 aliphatic heterocycles. The van der Waals surface area contributed by atoms with Crippen molar-refractivity contribution < 1.29 is 14.4 Å². The molecular formula is C21H16N2O4. The Kier molecular flexibility index (Phi) is 3.96. The van der Waals surface area contributed by atoms with Gasteiger partial charge in [-0.2, -0.15) is 0 Å². The number of carbonyl (C=O) groups is 3. The van der Waals surface area contributed by atoms with Gasteiger partial charge in [-0.1, -0.05) is 19.1 Å². The Bertz CT molecular complexity index is 1140. The Labute approximate surface area is 154 Å². The number of carbonyl (C=O) groups excluding carboxylic acids is 3. The van der Waals surface area contributed by atoms with Gasteiger partial charge in [-0.25, -0.2) is 4.90 Å². The summed E-state index contributed by atoms with van der Waals surface area (Å²) in [7, 11) is 0. The summed E-state index contributed by atoms with van der Waals surface area (Å²) in [5.74, 6) is -1.08. The number of ketones is 1. The molecule has 0 unspecified atom stereocenters. The lowest BCUT2D eigenvalue weighted by Gasteiger charge is -2.14. The van der Waals surface area contributed by atoms with Gasteiger partial charge in [0.1, 0.15) is 0 Å². The number of pyridine rings is 1. The molecule has 0 saturated carbocycles. The first-order chi connectivity index (χ1) is 13.0. The summed E-state index contributed by atoms with van der Waals surface area (Å²) >= 11 is 0. The summed E-state index contributed by atoms with van der Waals surface area (Å²) in [5, 5.41) is 0.269. The Morgan fingerprint density at radius 1 is 1.00 bits per heavy atom. The second-order valence-corrected chi connectivity index (χ2v) is 6.43. The molecule has 27 heavy (non-hydrogen) atoms. The molecule has 0 saturated heterocycles. The zero-order chi connectivity index (χ0) is 19.1. The van der Waals surface area contributed by atoms with Crippen LogP contribution in [-0.2, 0) is 0 Å². The number of imide groups is 1. The first kappa shape index (κ1) is 16.9. The molecule has 0 bridgehead atoms. The summed E-state index contributed by atoms with van der Waals surface area (Å²) in [5.41, 5.74) is 1.20. The van der Waals surface area contributed by atoms with Gasteiger partial charge in [0.15, 0.2) is 11.2 Å². The Morgan fingerprint density at radius 3 is 2.30 bits per heavy atom. The van der Waals surface area contributed by atoms with E-state index in [0.717, 1.165) is 4.90 Å². The zero-order valence-corrected chi connectivity index (χ0v) is 14.6. The largest absolute Gasteiger partial charge is 0.360 e. The number of nitrogens with zero attached hydrogens (tertiary/aromatic N) is 1. The van der Waals surface area contributed by atoms with Crippen molar-refractivity contribution in [1.82, 2.24) is 4.98 Å². The molecule has 3 aromatic rings. The lowest BCUT2D eigenvalue weighted by atomic mass is 10.1. The van der Waals surface area contributed by atoms with E-state index in [1.807, 2.05) is 6.92 Å². The van der Waals surface area contributed by atoms with E-state index in [4.69, 9.17) is 0 Å². The topological polar surface area (TPSA) is 87.3 Å². The summed E-state index contributed by atoms with van der Waals surface area (Å²) in [6.45, 7) is 1.87. The van der Waals surface area contributed by atoms with Crippen LogP contribution in [0.25, 0.3) is 10.9 Å². The van der Waals surface area contributed by atoms with Gasteiger partial charge in [0, 0.05) is 23.5 Å². The number of hydrogen-bond donors (Lipinski definition) is 1. The van der Waals surface area contributed by atoms with Crippen molar-refractivity contribution in [2.45, 2.75) is 19.8 Å². The molecule has 1 aliphatic rings. The van der Waals surface area contributed by atoms with E-state index in [1.165, 1.54) is 12.3 Å². The van der Waals surface area contributed by atoms with Crippen LogP contribution < -0.4 is 10.3 Å². The normalized spacial score (nSPS) is 13.3. The van der Waals surface area contributed by atoms with Gasteiger partial charge in [0.25, 0.3) is 11.8 Å². The highest BCUT2D eigenvalue weighted by Gasteiger charge is 2.36. The van der Waals surface area contributed by atoms with E-state index in [0.29, 0.717) is 28.8 Å². The molecular weight excluding hydrogens is 344 g/mol. The first-order valence-corrected chi connectivity index (χ1v) is 8.69. The SMILES string of the molecule is CCCC(=O)c1c[nH]c2ccc(N3C(=O)c4ccccc4C3=O)cc2c1=O. The first-order valence-electron chi connectivity index (χ1n) is 8.69. The molecule has 1 N–H and O–H groups in total. The van der Waals surface area contributed by atoms with Crippen LogP contribution in [0.2, 0.25) is 0 Å². The number of Topliss-reactive ketones (excluding diaryl/α,β-unsaturated/α-hetero) is 1. The Morgan fingerprint density at radius 2 is 1.67 bits per heavy atom. The van der Waals surface area contributed by atoms with Gasteiger partial charge >= 0.3 is 0 Å². The minimum absolute atomic E-state index is 0.0869. The molecule has 0 atom stereocenters. The molecule has 4 rings (SSSR count). The predicted molar refractivity (Wildman–Crippen MR) is 101 cm³/mol. The van der Waals surface area contributed by atoms with Crippen LogP contribution in [0.4, 0.5) is 5.69 Å². The van der Waals surface area contributed by atoms with Crippen molar-refractivity contribution in [3.8, 4) is 0 Å². The molecule has 2 heterocycles. The minimum atomic E-state index is -0.426. The number of rotatable bonds is 4. The summed E-state index contributed by atoms with van der Waals surface area (Å²) < 4.78 is 0. The standard InChI is InChI=1S/C21H16N2O4/c1-2-5-18(24)16-11-22-17-9-8-12(10-15(17)19(16)25)23-20(26)13-6-3-4-7-14(13)21(23)27/h3-4,6-11H,2,5H2,1H3,(H,22,25). The molecule has 0 radical (unpaired) electrons. The van der Waals surface area contributed by atoms with E-state index >= 15 is 0 Å². The number of aromatic amines is 1. The summed E-state index contributed by atoms with van der Waals surface area (Å²) in [6, 6.07) is 11.3. The van der Waals surface area contributed by atoms with Crippen LogP contribution in [0.1, 0.15) is 50.8 Å². The highest BCUT2D eigenvalue weighted by atomic mass is 16.2. The number of fused-ring (bicyclic) bond motifs is 2. The van der Waals surface area contributed by atoms with Crippen LogP contribution in [0.5, 0.6) is 0 Å².